The van der Waals surface area contributed by atoms with E-state index >= 15 is 0 Å². The van der Waals surface area contributed by atoms with Crippen LogP contribution < -0.4 is 5.43 Å². The van der Waals surface area contributed by atoms with E-state index in [1.807, 2.05) is 0 Å². The van der Waals surface area contributed by atoms with Crippen LogP contribution >= 0.6 is 11.6 Å². The molecule has 0 aliphatic heterocycles. The van der Waals surface area contributed by atoms with Crippen molar-refractivity contribution in [1.29, 1.82) is 0 Å². The quantitative estimate of drug-likeness (QED) is 0.497. The number of carbonyl (C=O) groups excluding carboxylic acids is 1. The molecule has 0 radical (unpaired) electrons. The van der Waals surface area contributed by atoms with Gasteiger partial charge in [0.25, 0.3) is 5.69 Å². The van der Waals surface area contributed by atoms with Gasteiger partial charge < -0.3 is 0 Å². The number of nitro benzene ring substituents is 1. The first-order chi connectivity index (χ1) is 7.50. The van der Waals surface area contributed by atoms with Crippen LogP contribution in [0.5, 0.6) is 0 Å². The number of nitrogens with one attached hydrogen (secondary N) is 1. The summed E-state index contributed by atoms with van der Waals surface area (Å²) >= 11 is 5.62. The lowest BCUT2D eigenvalue weighted by molar-refractivity contribution is -0.384. The van der Waals surface area contributed by atoms with Crippen LogP contribution in [0.1, 0.15) is 12.5 Å². The fourth-order valence-corrected chi connectivity index (χ4v) is 1.13. The van der Waals surface area contributed by atoms with Gasteiger partial charge >= 0.3 is 0 Å². The second kappa shape index (κ2) is 5.22. The molecule has 0 aliphatic rings. The van der Waals surface area contributed by atoms with E-state index in [4.69, 9.17) is 11.6 Å². The van der Waals surface area contributed by atoms with Gasteiger partial charge in [0, 0.05) is 18.6 Å². The van der Waals surface area contributed by atoms with Crippen LogP contribution in [-0.4, -0.2) is 17.0 Å². The Morgan fingerprint density at radius 2 is 2.31 bits per heavy atom. The average Bonchev–Trinajstić information content (AvgIpc) is 2.19. The molecule has 1 amide bonds. The van der Waals surface area contributed by atoms with E-state index in [0.29, 0.717) is 5.56 Å². The molecule has 0 saturated heterocycles. The molecule has 6 nitrogen and oxygen atoms in total. The Kier molecular flexibility index (Phi) is 3.96. The van der Waals surface area contributed by atoms with Crippen molar-refractivity contribution in [3.8, 4) is 0 Å². The van der Waals surface area contributed by atoms with Crippen LogP contribution in [0.15, 0.2) is 23.3 Å². The highest BCUT2D eigenvalue weighted by molar-refractivity contribution is 6.32. The summed E-state index contributed by atoms with van der Waals surface area (Å²) in [5, 5.41) is 14.2. The normalized spacial score (nSPS) is 10.4. The van der Waals surface area contributed by atoms with Gasteiger partial charge in [-0.2, -0.15) is 5.10 Å². The predicted molar refractivity (Wildman–Crippen MR) is 59.5 cm³/mol. The summed E-state index contributed by atoms with van der Waals surface area (Å²) in [5.41, 5.74) is 2.46. The smallest absolute Gasteiger partial charge is 0.274 e. The zero-order chi connectivity index (χ0) is 12.1. The zero-order valence-electron chi connectivity index (χ0n) is 8.31. The van der Waals surface area contributed by atoms with Crippen molar-refractivity contribution in [3.05, 3.63) is 38.9 Å². The number of nitrogens with zero attached hydrogens (tertiary/aromatic N) is 2. The van der Waals surface area contributed by atoms with E-state index in [2.05, 4.69) is 10.5 Å². The third kappa shape index (κ3) is 3.32. The summed E-state index contributed by atoms with van der Waals surface area (Å²) in [6.07, 6.45) is 1.30. The minimum Gasteiger partial charge on any atom is -0.274 e. The molecule has 0 fully saturated rings. The SMILES string of the molecule is CC(=O)N/N=C\c1ccc(Cl)c([N+](=O)[O-])c1. The van der Waals surface area contributed by atoms with Crippen LogP contribution in [0.3, 0.4) is 0 Å². The monoisotopic (exact) mass is 241 g/mol. The molecule has 7 heteroatoms. The van der Waals surface area contributed by atoms with Crippen LogP contribution in [0.25, 0.3) is 0 Å². The van der Waals surface area contributed by atoms with Crippen molar-refractivity contribution in [2.75, 3.05) is 0 Å². The number of hydrogen-bond acceptors (Lipinski definition) is 4. The van der Waals surface area contributed by atoms with Gasteiger partial charge in [-0.25, -0.2) is 5.43 Å². The molecule has 0 saturated carbocycles. The first-order valence-electron chi connectivity index (χ1n) is 4.24. The number of rotatable bonds is 3. The molecule has 1 aromatic rings. The van der Waals surface area contributed by atoms with Gasteiger partial charge in [0.1, 0.15) is 5.02 Å². The largest absolute Gasteiger partial charge is 0.288 e. The summed E-state index contributed by atoms with van der Waals surface area (Å²) in [6, 6.07) is 4.23. The van der Waals surface area contributed by atoms with Gasteiger partial charge in [-0.05, 0) is 6.07 Å². The van der Waals surface area contributed by atoms with Gasteiger partial charge in [-0.1, -0.05) is 17.7 Å². The highest BCUT2D eigenvalue weighted by atomic mass is 35.5. The van der Waals surface area contributed by atoms with Crippen LogP contribution in [0.2, 0.25) is 5.02 Å². The fraction of sp³-hybridized carbons (Fsp3) is 0.111. The van der Waals surface area contributed by atoms with E-state index < -0.39 is 4.92 Å². The number of hydrogen-bond donors (Lipinski definition) is 1. The van der Waals surface area contributed by atoms with Crippen LogP contribution in [-0.2, 0) is 4.79 Å². The Morgan fingerprint density at radius 3 is 2.88 bits per heavy atom. The molecule has 1 rings (SSSR count). The maximum atomic E-state index is 10.6. The predicted octanol–water partition coefficient (Wildman–Crippen LogP) is 1.72. The molecule has 0 aliphatic carbocycles. The first kappa shape index (κ1) is 12.1. The topological polar surface area (TPSA) is 84.6 Å². The maximum Gasteiger partial charge on any atom is 0.288 e. The summed E-state index contributed by atoms with van der Waals surface area (Å²) < 4.78 is 0. The molecule has 0 aromatic heterocycles. The van der Waals surface area contributed by atoms with Crippen molar-refractivity contribution in [3.63, 3.8) is 0 Å². The van der Waals surface area contributed by atoms with E-state index in [-0.39, 0.29) is 16.6 Å². The summed E-state index contributed by atoms with van der Waals surface area (Å²) in [4.78, 5) is 20.5. The Balaban J connectivity index is 2.91. The first-order valence-corrected chi connectivity index (χ1v) is 4.62. The summed E-state index contributed by atoms with van der Waals surface area (Å²) in [5.74, 6) is -0.320. The number of carbonyl (C=O) groups is 1. The molecule has 0 atom stereocenters. The van der Waals surface area contributed by atoms with Crippen molar-refractivity contribution in [2.45, 2.75) is 6.92 Å². The van der Waals surface area contributed by atoms with Gasteiger partial charge in [0.2, 0.25) is 5.91 Å². The second-order valence-electron chi connectivity index (χ2n) is 2.89. The maximum absolute atomic E-state index is 10.6. The van der Waals surface area contributed by atoms with E-state index in [9.17, 15) is 14.9 Å². The average molecular weight is 242 g/mol. The molecular formula is C9H8ClN3O3. The van der Waals surface area contributed by atoms with E-state index in [0.717, 1.165) is 0 Å². The zero-order valence-corrected chi connectivity index (χ0v) is 9.06. The van der Waals surface area contributed by atoms with Gasteiger partial charge in [-0.15, -0.1) is 0 Å². The lowest BCUT2D eigenvalue weighted by Crippen LogP contribution is -2.12. The molecule has 0 spiro atoms. The Morgan fingerprint density at radius 1 is 1.62 bits per heavy atom. The molecule has 0 bridgehead atoms. The second-order valence-corrected chi connectivity index (χ2v) is 3.30. The highest BCUT2D eigenvalue weighted by Gasteiger charge is 2.11. The minimum absolute atomic E-state index is 0.0571. The molecular weight excluding hydrogens is 234 g/mol. The van der Waals surface area contributed by atoms with Gasteiger partial charge in [-0.3, -0.25) is 14.9 Å². The molecule has 16 heavy (non-hydrogen) atoms. The van der Waals surface area contributed by atoms with Gasteiger partial charge in [0.05, 0.1) is 11.1 Å². The number of halogens is 1. The van der Waals surface area contributed by atoms with E-state index in [1.165, 1.54) is 25.3 Å². The van der Waals surface area contributed by atoms with Crippen LogP contribution in [0, 0.1) is 10.1 Å². The molecule has 84 valence electrons. The van der Waals surface area contributed by atoms with Crippen molar-refractivity contribution in [2.24, 2.45) is 5.10 Å². The molecule has 0 heterocycles. The third-order valence-electron chi connectivity index (χ3n) is 1.60. The van der Waals surface area contributed by atoms with Crippen molar-refractivity contribution >= 4 is 29.4 Å². The third-order valence-corrected chi connectivity index (χ3v) is 1.92. The van der Waals surface area contributed by atoms with Gasteiger partial charge in [0.15, 0.2) is 0 Å². The highest BCUT2D eigenvalue weighted by Crippen LogP contribution is 2.24. The van der Waals surface area contributed by atoms with E-state index in [1.54, 1.807) is 6.07 Å². The summed E-state index contributed by atoms with van der Waals surface area (Å²) in [7, 11) is 0. The fourth-order valence-electron chi connectivity index (χ4n) is 0.948. The van der Waals surface area contributed by atoms with Crippen molar-refractivity contribution in [1.82, 2.24) is 5.43 Å². The lowest BCUT2D eigenvalue weighted by atomic mass is 10.2. The Hall–Kier alpha value is -1.95. The number of nitro groups is 1. The molecule has 0 unspecified atom stereocenters. The molecule has 1 aromatic carbocycles. The van der Waals surface area contributed by atoms with Crippen LogP contribution in [0.4, 0.5) is 5.69 Å². The number of amides is 1. The number of benzene rings is 1. The molecule has 1 N–H and O–H groups in total. The Labute approximate surface area is 96.1 Å². The Bertz CT molecular complexity index is 459. The van der Waals surface area contributed by atoms with Crippen molar-refractivity contribution < 1.29 is 9.72 Å². The summed E-state index contributed by atoms with van der Waals surface area (Å²) in [6.45, 7) is 1.31. The number of hydrazone groups is 1. The standard InChI is InChI=1S/C9H8ClN3O3/c1-6(14)12-11-5-7-2-3-8(10)9(4-7)13(15)16/h2-5H,1H3,(H,12,14)/b11-5-. The lowest BCUT2D eigenvalue weighted by Gasteiger charge is -1.97. The minimum atomic E-state index is -0.585.